The van der Waals surface area contributed by atoms with Crippen molar-refractivity contribution in [3.63, 3.8) is 0 Å². The highest BCUT2D eigenvalue weighted by atomic mass is 35.5. The third-order valence-electron chi connectivity index (χ3n) is 3.05. The summed E-state index contributed by atoms with van der Waals surface area (Å²) < 4.78 is 7.89. The van der Waals surface area contributed by atoms with Gasteiger partial charge < -0.3 is 10.1 Å². The average molecular weight is 296 g/mol. The number of hydrogen-bond acceptors (Lipinski definition) is 3. The van der Waals surface area contributed by atoms with Crippen molar-refractivity contribution in [3.05, 3.63) is 35.4 Å². The van der Waals surface area contributed by atoms with Gasteiger partial charge in [-0.05, 0) is 12.1 Å². The van der Waals surface area contributed by atoms with Crippen LogP contribution in [0.1, 0.15) is 0 Å². The van der Waals surface area contributed by atoms with E-state index in [0.29, 0.717) is 0 Å². The minimum absolute atomic E-state index is 0.527. The Morgan fingerprint density at radius 3 is 3.00 bits per heavy atom. The number of anilines is 1. The first-order valence-corrected chi connectivity index (χ1v) is 7.08. The largest absolute Gasteiger partial charge is 0.454 e. The number of nitrogens with one attached hydrogen (secondary N) is 1. The van der Waals surface area contributed by atoms with Crippen LogP contribution in [0.4, 0.5) is 5.69 Å². The predicted octanol–water partition coefficient (Wildman–Crippen LogP) is 5.03. The number of rotatable bonds is 0. The van der Waals surface area contributed by atoms with Crippen molar-refractivity contribution in [1.29, 1.82) is 0 Å². The maximum Gasteiger partial charge on any atom is 0.248 e. The summed E-state index contributed by atoms with van der Waals surface area (Å²) in [5, 5.41) is 5.98. The van der Waals surface area contributed by atoms with Crippen molar-refractivity contribution in [2.45, 2.75) is 5.69 Å². The number of thiophene rings is 1. The molecule has 0 amide bonds. The van der Waals surface area contributed by atoms with E-state index < -0.39 is 5.69 Å². The van der Waals surface area contributed by atoms with E-state index in [2.05, 4.69) is 17.4 Å². The zero-order valence-corrected chi connectivity index (χ0v) is 11.4. The molecule has 0 bridgehead atoms. The SMILES string of the molecule is Clc1cc2c(c3c1sc1ccccc13)OC(Cl)N2. The first-order valence-electron chi connectivity index (χ1n) is 5.45. The van der Waals surface area contributed by atoms with Gasteiger partial charge >= 0.3 is 0 Å². The topological polar surface area (TPSA) is 21.3 Å². The molecule has 2 heterocycles. The molecule has 0 radical (unpaired) electrons. The molecule has 2 aromatic carbocycles. The van der Waals surface area contributed by atoms with Gasteiger partial charge in [0.2, 0.25) is 5.69 Å². The van der Waals surface area contributed by atoms with Gasteiger partial charge in [-0.25, -0.2) is 0 Å². The second-order valence-electron chi connectivity index (χ2n) is 4.12. The van der Waals surface area contributed by atoms with Gasteiger partial charge in [-0.1, -0.05) is 41.4 Å². The van der Waals surface area contributed by atoms with Crippen molar-refractivity contribution in [2.24, 2.45) is 0 Å². The minimum atomic E-state index is -0.527. The Bertz CT molecular complexity index is 783. The summed E-state index contributed by atoms with van der Waals surface area (Å²) in [5.74, 6) is 0.798. The van der Waals surface area contributed by atoms with Crippen LogP contribution in [-0.4, -0.2) is 5.69 Å². The zero-order valence-electron chi connectivity index (χ0n) is 9.04. The molecule has 0 fully saturated rings. The van der Waals surface area contributed by atoms with Crippen molar-refractivity contribution >= 4 is 60.4 Å². The van der Waals surface area contributed by atoms with Crippen molar-refractivity contribution < 1.29 is 4.74 Å². The maximum atomic E-state index is 6.33. The van der Waals surface area contributed by atoms with Gasteiger partial charge in [-0.3, -0.25) is 0 Å². The molecule has 4 rings (SSSR count). The number of alkyl halides is 1. The van der Waals surface area contributed by atoms with Gasteiger partial charge in [-0.2, -0.15) is 0 Å². The minimum Gasteiger partial charge on any atom is -0.454 e. The Balaban J connectivity index is 2.23. The molecule has 1 N–H and O–H groups in total. The molecular formula is C13H7Cl2NOS. The first-order chi connectivity index (χ1) is 8.74. The van der Waals surface area contributed by atoms with E-state index in [1.165, 1.54) is 4.70 Å². The third-order valence-corrected chi connectivity index (χ3v) is 4.86. The molecule has 2 nitrogen and oxygen atoms in total. The van der Waals surface area contributed by atoms with E-state index in [0.717, 1.165) is 31.9 Å². The second-order valence-corrected chi connectivity index (χ2v) is 5.97. The second kappa shape index (κ2) is 3.67. The molecule has 90 valence electrons. The number of benzene rings is 2. The maximum absolute atomic E-state index is 6.33. The standard InChI is InChI=1S/C13H7Cl2NOS/c14-7-5-8-11(17-13(15)16-8)10-6-3-1-2-4-9(6)18-12(7)10/h1-5,13,16H. The Labute approximate surface area is 117 Å². The van der Waals surface area contributed by atoms with Crippen LogP contribution in [0.25, 0.3) is 20.2 Å². The Hall–Kier alpha value is -1.16. The van der Waals surface area contributed by atoms with Crippen LogP contribution in [-0.2, 0) is 0 Å². The van der Waals surface area contributed by atoms with Crippen LogP contribution >= 0.6 is 34.5 Å². The Morgan fingerprint density at radius 2 is 2.11 bits per heavy atom. The van der Waals surface area contributed by atoms with Crippen molar-refractivity contribution in [3.8, 4) is 5.75 Å². The third kappa shape index (κ3) is 1.35. The molecule has 0 saturated heterocycles. The van der Waals surface area contributed by atoms with E-state index in [-0.39, 0.29) is 0 Å². The molecule has 3 aromatic rings. The highest BCUT2D eigenvalue weighted by Gasteiger charge is 2.25. The van der Waals surface area contributed by atoms with Crippen LogP contribution in [0.15, 0.2) is 30.3 Å². The lowest BCUT2D eigenvalue weighted by atomic mass is 10.1. The summed E-state index contributed by atoms with van der Waals surface area (Å²) in [6.45, 7) is 0. The van der Waals surface area contributed by atoms with Crippen molar-refractivity contribution in [2.75, 3.05) is 5.32 Å². The van der Waals surface area contributed by atoms with Crippen molar-refractivity contribution in [1.82, 2.24) is 0 Å². The Morgan fingerprint density at radius 1 is 1.28 bits per heavy atom. The number of ether oxygens (including phenoxy) is 1. The zero-order chi connectivity index (χ0) is 12.3. The number of halogens is 2. The fraction of sp³-hybridized carbons (Fsp3) is 0.0769. The van der Waals surface area contributed by atoms with Crippen LogP contribution in [0.3, 0.4) is 0 Å². The number of fused-ring (bicyclic) bond motifs is 5. The molecule has 1 aliphatic rings. The lowest BCUT2D eigenvalue weighted by Crippen LogP contribution is -2.10. The van der Waals surface area contributed by atoms with E-state index in [1.807, 2.05) is 18.2 Å². The Kier molecular flexibility index (Phi) is 2.19. The fourth-order valence-electron chi connectivity index (χ4n) is 2.32. The lowest BCUT2D eigenvalue weighted by Gasteiger charge is -2.02. The average Bonchev–Trinajstić information content (AvgIpc) is 2.89. The molecule has 1 atom stereocenters. The molecule has 1 aliphatic heterocycles. The summed E-state index contributed by atoms with van der Waals surface area (Å²) in [6.07, 6.45) is 0. The fourth-order valence-corrected chi connectivity index (χ4v) is 3.95. The van der Waals surface area contributed by atoms with E-state index in [4.69, 9.17) is 27.9 Å². The van der Waals surface area contributed by atoms with Gasteiger partial charge in [0, 0.05) is 15.5 Å². The van der Waals surface area contributed by atoms with Crippen LogP contribution in [0.5, 0.6) is 5.75 Å². The molecule has 0 saturated carbocycles. The van der Waals surface area contributed by atoms with Gasteiger partial charge in [0.05, 0.1) is 15.4 Å². The summed E-state index contributed by atoms with van der Waals surface area (Å²) >= 11 is 14.0. The monoisotopic (exact) mass is 295 g/mol. The summed E-state index contributed by atoms with van der Waals surface area (Å²) in [5.41, 5.74) is 0.330. The molecule has 1 aromatic heterocycles. The highest BCUT2D eigenvalue weighted by Crippen LogP contribution is 2.49. The smallest absolute Gasteiger partial charge is 0.248 e. The normalized spacial score (nSPS) is 17.8. The summed E-state index contributed by atoms with van der Waals surface area (Å²) in [6, 6.07) is 10.1. The van der Waals surface area contributed by atoms with Gasteiger partial charge in [-0.15, -0.1) is 11.3 Å². The van der Waals surface area contributed by atoms with E-state index >= 15 is 0 Å². The van der Waals surface area contributed by atoms with E-state index in [9.17, 15) is 0 Å². The summed E-state index contributed by atoms with van der Waals surface area (Å²) in [4.78, 5) is 0. The molecule has 0 aliphatic carbocycles. The molecule has 0 spiro atoms. The predicted molar refractivity (Wildman–Crippen MR) is 78.2 cm³/mol. The van der Waals surface area contributed by atoms with Gasteiger partial charge in [0.1, 0.15) is 0 Å². The van der Waals surface area contributed by atoms with Crippen LogP contribution in [0.2, 0.25) is 5.02 Å². The van der Waals surface area contributed by atoms with Crippen LogP contribution in [0, 0.1) is 0 Å². The van der Waals surface area contributed by atoms with E-state index in [1.54, 1.807) is 11.3 Å². The lowest BCUT2D eigenvalue weighted by molar-refractivity contribution is 0.338. The molecular weight excluding hydrogens is 289 g/mol. The summed E-state index contributed by atoms with van der Waals surface area (Å²) in [7, 11) is 0. The quantitative estimate of drug-likeness (QED) is 0.464. The van der Waals surface area contributed by atoms with Crippen LogP contribution < -0.4 is 10.1 Å². The molecule has 1 unspecified atom stereocenters. The number of hydrogen-bond donors (Lipinski definition) is 1. The molecule has 5 heteroatoms. The van der Waals surface area contributed by atoms with Gasteiger partial charge in [0.15, 0.2) is 5.75 Å². The first kappa shape index (κ1) is 10.7. The molecule has 18 heavy (non-hydrogen) atoms. The highest BCUT2D eigenvalue weighted by molar-refractivity contribution is 7.26. The van der Waals surface area contributed by atoms with Gasteiger partial charge in [0.25, 0.3) is 0 Å².